The van der Waals surface area contributed by atoms with Crippen molar-refractivity contribution in [1.29, 1.82) is 0 Å². The molecule has 0 aromatic heterocycles. The third-order valence-electron chi connectivity index (χ3n) is 4.44. The SMILES string of the molecule is Cc1ccc(N=C2SS3=C4N2CCN4C(=Nc2ccc(C)cc2)S3)cc1. The van der Waals surface area contributed by atoms with Gasteiger partial charge in [-0.05, 0) is 68.2 Å². The highest BCUT2D eigenvalue weighted by atomic mass is 33.5. The van der Waals surface area contributed by atoms with E-state index in [1.165, 1.54) is 16.2 Å². The molecule has 0 saturated carbocycles. The average molecular weight is 399 g/mol. The molecule has 0 N–H and O–H groups in total. The third kappa shape index (κ3) is 2.88. The Hall–Kier alpha value is -1.70. The van der Waals surface area contributed by atoms with Crippen LogP contribution < -0.4 is 0 Å². The van der Waals surface area contributed by atoms with Gasteiger partial charge in [-0.2, -0.15) is 0 Å². The molecule has 3 aliphatic heterocycles. The summed E-state index contributed by atoms with van der Waals surface area (Å²) in [5.41, 5.74) is 4.59. The Bertz CT molecular complexity index is 884. The normalized spacial score (nSPS) is 24.2. The molecule has 4 nitrogen and oxygen atoms in total. The van der Waals surface area contributed by atoms with Gasteiger partial charge in [0.05, 0.1) is 11.4 Å². The summed E-state index contributed by atoms with van der Waals surface area (Å²) < 4.78 is 0. The fourth-order valence-corrected chi connectivity index (χ4v) is 9.72. The highest BCUT2D eigenvalue weighted by molar-refractivity contribution is 9.21. The molecule has 7 heteroatoms. The summed E-state index contributed by atoms with van der Waals surface area (Å²) in [5, 5.41) is 3.62. The molecule has 0 radical (unpaired) electrons. The maximum atomic E-state index is 4.89. The van der Waals surface area contributed by atoms with E-state index in [1.54, 1.807) is 0 Å². The lowest BCUT2D eigenvalue weighted by molar-refractivity contribution is 0.663. The Labute approximate surface area is 163 Å². The topological polar surface area (TPSA) is 31.2 Å². The zero-order valence-corrected chi connectivity index (χ0v) is 17.0. The quantitative estimate of drug-likeness (QED) is 0.509. The summed E-state index contributed by atoms with van der Waals surface area (Å²) in [6, 6.07) is 16.8. The number of nitrogens with zero attached hydrogens (tertiary/aromatic N) is 4. The van der Waals surface area contributed by atoms with Gasteiger partial charge in [0.25, 0.3) is 0 Å². The smallest absolute Gasteiger partial charge is 0.181 e. The van der Waals surface area contributed by atoms with Gasteiger partial charge in [-0.3, -0.25) is 9.80 Å². The summed E-state index contributed by atoms with van der Waals surface area (Å²) in [5.74, 6) is 0. The van der Waals surface area contributed by atoms with Gasteiger partial charge in [-0.15, -0.1) is 0 Å². The largest absolute Gasteiger partial charge is 0.298 e. The molecular formula is C19H18N4S3. The molecule has 0 spiro atoms. The third-order valence-corrected chi connectivity index (χ3v) is 10.3. The van der Waals surface area contributed by atoms with E-state index in [-0.39, 0.29) is 8.55 Å². The lowest BCUT2D eigenvalue weighted by atomic mass is 10.2. The maximum Gasteiger partial charge on any atom is 0.181 e. The molecule has 0 unspecified atom stereocenters. The molecule has 3 heterocycles. The van der Waals surface area contributed by atoms with Crippen molar-refractivity contribution in [1.82, 2.24) is 9.80 Å². The van der Waals surface area contributed by atoms with E-state index in [2.05, 4.69) is 72.2 Å². The zero-order chi connectivity index (χ0) is 17.7. The monoisotopic (exact) mass is 398 g/mol. The Morgan fingerprint density at radius 1 is 0.731 bits per heavy atom. The van der Waals surface area contributed by atoms with E-state index in [1.807, 2.05) is 21.6 Å². The number of rotatable bonds is 2. The number of benzene rings is 2. The first-order chi connectivity index (χ1) is 12.7. The Balaban J connectivity index is 1.40. The van der Waals surface area contributed by atoms with Crippen molar-refractivity contribution in [3.8, 4) is 0 Å². The van der Waals surface area contributed by atoms with Crippen molar-refractivity contribution in [3.63, 3.8) is 0 Å². The highest BCUT2D eigenvalue weighted by Gasteiger charge is 2.45. The Kier molecular flexibility index (Phi) is 4.10. The lowest BCUT2D eigenvalue weighted by Gasteiger charge is -2.16. The molecule has 1 saturated heterocycles. The van der Waals surface area contributed by atoms with Crippen molar-refractivity contribution in [3.05, 3.63) is 59.7 Å². The summed E-state index contributed by atoms with van der Waals surface area (Å²) in [4.78, 5) is 14.5. The van der Waals surface area contributed by atoms with Gasteiger partial charge in [-0.25, -0.2) is 9.98 Å². The van der Waals surface area contributed by atoms with Crippen LogP contribution in [-0.2, 0) is 0 Å². The fourth-order valence-electron chi connectivity index (χ4n) is 3.01. The number of aryl methyl sites for hydroxylation is 2. The van der Waals surface area contributed by atoms with Gasteiger partial charge >= 0.3 is 0 Å². The van der Waals surface area contributed by atoms with Crippen LogP contribution in [0, 0.1) is 13.8 Å². The molecule has 0 amide bonds. The van der Waals surface area contributed by atoms with Crippen molar-refractivity contribution in [2.45, 2.75) is 13.8 Å². The van der Waals surface area contributed by atoms with E-state index in [9.17, 15) is 0 Å². The summed E-state index contributed by atoms with van der Waals surface area (Å²) >= 11 is 0. The first-order valence-electron chi connectivity index (χ1n) is 8.51. The van der Waals surface area contributed by atoms with Crippen LogP contribution in [0.1, 0.15) is 11.1 Å². The van der Waals surface area contributed by atoms with Crippen molar-refractivity contribution in [2.24, 2.45) is 9.98 Å². The molecule has 0 bridgehead atoms. The second-order valence-corrected chi connectivity index (χ2v) is 12.0. The van der Waals surface area contributed by atoms with Crippen LogP contribution >= 0.6 is 30.1 Å². The number of aliphatic imine (C=N–C) groups is 2. The fraction of sp³-hybridized carbons (Fsp3) is 0.211. The lowest BCUT2D eigenvalue weighted by Crippen LogP contribution is -2.32. The predicted molar refractivity (Wildman–Crippen MR) is 118 cm³/mol. The average Bonchev–Trinajstić information content (AvgIpc) is 3.29. The standard InChI is InChI=1S/C19H18N4S3/c1-13-3-7-15(8-4-13)20-17-22-11-12-23-18(25-26(24-17)19(22)23)21-16-9-5-14(2)6-10-16/h3-10H,11-12H2,1-2H3. The Morgan fingerprint density at radius 3 is 1.58 bits per heavy atom. The molecule has 0 aliphatic carbocycles. The van der Waals surface area contributed by atoms with E-state index >= 15 is 0 Å². The van der Waals surface area contributed by atoms with E-state index in [0.717, 1.165) is 34.8 Å². The molecule has 3 aliphatic rings. The van der Waals surface area contributed by atoms with Gasteiger partial charge in [0.15, 0.2) is 15.4 Å². The summed E-state index contributed by atoms with van der Waals surface area (Å²) in [6.07, 6.45) is 0. The van der Waals surface area contributed by atoms with Crippen LogP contribution in [0.4, 0.5) is 11.4 Å². The zero-order valence-electron chi connectivity index (χ0n) is 14.5. The predicted octanol–water partition coefficient (Wildman–Crippen LogP) is 5.28. The summed E-state index contributed by atoms with van der Waals surface area (Å²) in [7, 11) is 3.79. The van der Waals surface area contributed by atoms with Crippen LogP contribution in [0.2, 0.25) is 0 Å². The van der Waals surface area contributed by atoms with Crippen LogP contribution in [0.25, 0.3) is 0 Å². The van der Waals surface area contributed by atoms with Crippen molar-refractivity contribution >= 4 is 57.0 Å². The van der Waals surface area contributed by atoms with Gasteiger partial charge in [0, 0.05) is 13.1 Å². The molecule has 2 aromatic rings. The van der Waals surface area contributed by atoms with E-state index < -0.39 is 0 Å². The molecule has 1 fully saturated rings. The first kappa shape index (κ1) is 16.5. The van der Waals surface area contributed by atoms with Crippen molar-refractivity contribution < 1.29 is 0 Å². The molecule has 0 atom stereocenters. The Morgan fingerprint density at radius 2 is 1.15 bits per heavy atom. The van der Waals surface area contributed by atoms with Crippen LogP contribution in [-0.4, -0.2) is 38.3 Å². The van der Waals surface area contributed by atoms with Crippen LogP contribution in [0.15, 0.2) is 58.5 Å². The highest BCUT2D eigenvalue weighted by Crippen LogP contribution is 2.58. The molecule has 2 aromatic carbocycles. The van der Waals surface area contributed by atoms with Gasteiger partial charge in [-0.1, -0.05) is 35.4 Å². The van der Waals surface area contributed by atoms with Crippen LogP contribution in [0.5, 0.6) is 0 Å². The molecular weight excluding hydrogens is 380 g/mol. The number of hydrogen-bond donors (Lipinski definition) is 0. The van der Waals surface area contributed by atoms with Gasteiger partial charge in [0.2, 0.25) is 0 Å². The first-order valence-corrected chi connectivity index (χ1v) is 12.4. The summed E-state index contributed by atoms with van der Waals surface area (Å²) in [6.45, 7) is 6.19. The molecule has 5 rings (SSSR count). The van der Waals surface area contributed by atoms with Gasteiger partial charge in [0.1, 0.15) is 0 Å². The maximum absolute atomic E-state index is 4.89. The molecule has 26 heavy (non-hydrogen) atoms. The minimum atomic E-state index is 0.0584. The van der Waals surface area contributed by atoms with E-state index in [4.69, 9.17) is 9.98 Å². The number of hydrogen-bond acceptors (Lipinski definition) is 4. The minimum absolute atomic E-state index is 0.0584. The van der Waals surface area contributed by atoms with E-state index in [0.29, 0.717) is 0 Å². The van der Waals surface area contributed by atoms with Crippen molar-refractivity contribution in [2.75, 3.05) is 13.1 Å². The minimum Gasteiger partial charge on any atom is -0.298 e. The second-order valence-electron chi connectivity index (χ2n) is 6.45. The number of amidine groups is 2. The second kappa shape index (κ2) is 6.48. The van der Waals surface area contributed by atoms with Gasteiger partial charge < -0.3 is 0 Å². The molecule has 132 valence electrons. The van der Waals surface area contributed by atoms with Crippen LogP contribution in [0.3, 0.4) is 0 Å².